The van der Waals surface area contributed by atoms with Gasteiger partial charge in [0.15, 0.2) is 0 Å². The van der Waals surface area contributed by atoms with E-state index in [2.05, 4.69) is 20.8 Å². The number of rotatable bonds is 2. The number of alkyl halides is 1. The van der Waals surface area contributed by atoms with E-state index in [1.165, 1.54) is 25.7 Å². The van der Waals surface area contributed by atoms with Gasteiger partial charge in [-0.15, -0.1) is 0 Å². The van der Waals surface area contributed by atoms with Crippen LogP contribution in [0.3, 0.4) is 0 Å². The van der Waals surface area contributed by atoms with Gasteiger partial charge in [0, 0.05) is 24.3 Å². The lowest BCUT2D eigenvalue weighted by atomic mass is 9.88. The van der Waals surface area contributed by atoms with E-state index < -0.39 is 0 Å². The molecule has 0 N–H and O–H groups in total. The largest absolute Gasteiger partial charge is 0.342 e. The van der Waals surface area contributed by atoms with Crippen LogP contribution < -0.4 is 0 Å². The summed E-state index contributed by atoms with van der Waals surface area (Å²) in [4.78, 5) is 14.3. The molecule has 86 valence electrons. The van der Waals surface area contributed by atoms with Gasteiger partial charge in [-0.2, -0.15) is 0 Å². The van der Waals surface area contributed by atoms with Crippen molar-refractivity contribution in [2.45, 2.75) is 38.5 Å². The van der Waals surface area contributed by atoms with Gasteiger partial charge in [-0.3, -0.25) is 4.79 Å². The number of amides is 1. The average Bonchev–Trinajstić information content (AvgIpc) is 2.78. The molecule has 0 bridgehead atoms. The van der Waals surface area contributed by atoms with Crippen molar-refractivity contribution in [2.75, 3.05) is 18.4 Å². The summed E-state index contributed by atoms with van der Waals surface area (Å²) in [5.74, 6) is 1.49. The van der Waals surface area contributed by atoms with E-state index in [0.29, 0.717) is 17.7 Å². The highest BCUT2D eigenvalue weighted by Gasteiger charge is 2.30. The second-order valence-electron chi connectivity index (χ2n) is 4.93. The van der Waals surface area contributed by atoms with Crippen LogP contribution in [0.15, 0.2) is 0 Å². The zero-order valence-electron chi connectivity index (χ0n) is 9.25. The molecule has 1 aliphatic heterocycles. The molecule has 1 saturated carbocycles. The summed E-state index contributed by atoms with van der Waals surface area (Å²) in [7, 11) is 0. The molecule has 1 saturated heterocycles. The molecule has 2 fully saturated rings. The Hall–Kier alpha value is -0.0500. The molecule has 1 atom stereocenters. The van der Waals surface area contributed by atoms with Gasteiger partial charge < -0.3 is 4.90 Å². The van der Waals surface area contributed by atoms with Gasteiger partial charge in [-0.05, 0) is 25.2 Å². The first kappa shape index (κ1) is 11.4. The Morgan fingerprint density at radius 2 is 1.93 bits per heavy atom. The van der Waals surface area contributed by atoms with Crippen LogP contribution in [0.4, 0.5) is 0 Å². The first-order valence-corrected chi connectivity index (χ1v) is 7.28. The Morgan fingerprint density at radius 1 is 1.20 bits per heavy atom. The highest BCUT2D eigenvalue weighted by molar-refractivity contribution is 9.09. The molecular formula is C12H20BrNO. The fraction of sp³-hybridized carbons (Fsp3) is 0.917. The van der Waals surface area contributed by atoms with Crippen LogP contribution in [0.5, 0.6) is 0 Å². The van der Waals surface area contributed by atoms with Crippen molar-refractivity contribution in [3.05, 3.63) is 0 Å². The third-order valence-corrected chi connectivity index (χ3v) is 4.69. The molecule has 2 aliphatic rings. The Morgan fingerprint density at radius 3 is 2.53 bits per heavy atom. The lowest BCUT2D eigenvalue weighted by Crippen LogP contribution is -2.35. The van der Waals surface area contributed by atoms with E-state index in [4.69, 9.17) is 0 Å². The fourth-order valence-corrected chi connectivity index (χ4v) is 3.30. The molecule has 1 amide bonds. The average molecular weight is 274 g/mol. The van der Waals surface area contributed by atoms with Crippen molar-refractivity contribution in [1.82, 2.24) is 4.90 Å². The Labute approximate surface area is 101 Å². The van der Waals surface area contributed by atoms with Crippen molar-refractivity contribution >= 4 is 21.8 Å². The van der Waals surface area contributed by atoms with Crippen molar-refractivity contribution < 1.29 is 4.79 Å². The number of carbonyl (C=O) groups is 1. The zero-order chi connectivity index (χ0) is 10.7. The standard InChI is InChI=1S/C12H20BrNO/c13-8-10-6-7-14(9-10)12(15)11-4-2-1-3-5-11/h10-11H,1-9H2. The van der Waals surface area contributed by atoms with Crippen LogP contribution >= 0.6 is 15.9 Å². The van der Waals surface area contributed by atoms with Crippen LogP contribution in [0.1, 0.15) is 38.5 Å². The number of likely N-dealkylation sites (tertiary alicyclic amines) is 1. The highest BCUT2D eigenvalue weighted by Crippen LogP contribution is 2.28. The van der Waals surface area contributed by atoms with E-state index in [1.807, 2.05) is 0 Å². The summed E-state index contributed by atoms with van der Waals surface area (Å²) in [6.45, 7) is 1.98. The fourth-order valence-electron chi connectivity index (χ4n) is 2.77. The van der Waals surface area contributed by atoms with Crippen molar-refractivity contribution in [1.29, 1.82) is 0 Å². The topological polar surface area (TPSA) is 20.3 Å². The first-order valence-electron chi connectivity index (χ1n) is 6.16. The quantitative estimate of drug-likeness (QED) is 0.709. The molecule has 0 spiro atoms. The lowest BCUT2D eigenvalue weighted by molar-refractivity contribution is -0.135. The second-order valence-corrected chi connectivity index (χ2v) is 5.58. The zero-order valence-corrected chi connectivity index (χ0v) is 10.8. The summed E-state index contributed by atoms with van der Waals surface area (Å²) in [6.07, 6.45) is 7.29. The minimum absolute atomic E-state index is 0.354. The molecule has 0 radical (unpaired) electrons. The minimum Gasteiger partial charge on any atom is -0.342 e. The first-order chi connectivity index (χ1) is 7.31. The molecule has 1 unspecified atom stereocenters. The highest BCUT2D eigenvalue weighted by atomic mass is 79.9. The minimum atomic E-state index is 0.354. The van der Waals surface area contributed by atoms with Gasteiger partial charge in [-0.1, -0.05) is 35.2 Å². The van der Waals surface area contributed by atoms with Crippen molar-refractivity contribution in [2.24, 2.45) is 11.8 Å². The predicted molar refractivity (Wildman–Crippen MR) is 65.1 cm³/mol. The Balaban J connectivity index is 1.85. The molecule has 1 heterocycles. The number of hydrogen-bond donors (Lipinski definition) is 0. The molecule has 0 aromatic heterocycles. The van der Waals surface area contributed by atoms with Crippen LogP contribution in [0, 0.1) is 11.8 Å². The van der Waals surface area contributed by atoms with E-state index in [9.17, 15) is 4.79 Å². The maximum Gasteiger partial charge on any atom is 0.225 e. The number of hydrogen-bond acceptors (Lipinski definition) is 1. The maximum atomic E-state index is 12.2. The molecular weight excluding hydrogens is 254 g/mol. The third kappa shape index (κ3) is 2.74. The summed E-state index contributed by atoms with van der Waals surface area (Å²) >= 11 is 3.51. The normalized spacial score (nSPS) is 28.3. The van der Waals surface area contributed by atoms with Crippen LogP contribution in [-0.4, -0.2) is 29.2 Å². The van der Waals surface area contributed by atoms with E-state index >= 15 is 0 Å². The van der Waals surface area contributed by atoms with Crippen LogP contribution in [-0.2, 0) is 4.79 Å². The molecule has 1 aliphatic carbocycles. The molecule has 2 nitrogen and oxygen atoms in total. The molecule has 0 aromatic carbocycles. The van der Waals surface area contributed by atoms with Crippen molar-refractivity contribution in [3.63, 3.8) is 0 Å². The predicted octanol–water partition coefficient (Wildman–Crippen LogP) is 2.81. The summed E-state index contributed by atoms with van der Waals surface area (Å²) in [6, 6.07) is 0. The number of halogens is 1. The van der Waals surface area contributed by atoms with E-state index in [1.54, 1.807) is 0 Å². The van der Waals surface area contributed by atoms with Gasteiger partial charge in [-0.25, -0.2) is 0 Å². The third-order valence-electron chi connectivity index (χ3n) is 3.77. The summed E-state index contributed by atoms with van der Waals surface area (Å²) < 4.78 is 0. The molecule has 15 heavy (non-hydrogen) atoms. The van der Waals surface area contributed by atoms with Gasteiger partial charge >= 0.3 is 0 Å². The number of carbonyl (C=O) groups excluding carboxylic acids is 1. The smallest absolute Gasteiger partial charge is 0.225 e. The van der Waals surface area contributed by atoms with Gasteiger partial charge in [0.05, 0.1) is 0 Å². The maximum absolute atomic E-state index is 12.2. The summed E-state index contributed by atoms with van der Waals surface area (Å²) in [5.41, 5.74) is 0. The summed E-state index contributed by atoms with van der Waals surface area (Å²) in [5, 5.41) is 1.04. The Kier molecular flexibility index (Phi) is 4.06. The Bertz CT molecular complexity index is 226. The van der Waals surface area contributed by atoms with Crippen LogP contribution in [0.25, 0.3) is 0 Å². The van der Waals surface area contributed by atoms with Gasteiger partial charge in [0.1, 0.15) is 0 Å². The van der Waals surface area contributed by atoms with E-state index in [0.717, 1.165) is 31.3 Å². The second kappa shape index (κ2) is 5.33. The lowest BCUT2D eigenvalue weighted by Gasteiger charge is -2.26. The molecule has 3 heteroatoms. The van der Waals surface area contributed by atoms with Crippen LogP contribution in [0.2, 0.25) is 0 Å². The molecule has 0 aromatic rings. The van der Waals surface area contributed by atoms with Gasteiger partial charge in [0.25, 0.3) is 0 Å². The van der Waals surface area contributed by atoms with Gasteiger partial charge in [0.2, 0.25) is 5.91 Å². The van der Waals surface area contributed by atoms with E-state index in [-0.39, 0.29) is 0 Å². The molecule has 2 rings (SSSR count). The number of nitrogens with zero attached hydrogens (tertiary/aromatic N) is 1. The SMILES string of the molecule is O=C(C1CCCCC1)N1CCC(CBr)C1. The van der Waals surface area contributed by atoms with Crippen molar-refractivity contribution in [3.8, 4) is 0 Å². The monoisotopic (exact) mass is 273 g/mol.